The molecule has 0 aliphatic rings. The van der Waals surface area contributed by atoms with E-state index in [-0.39, 0.29) is 12.3 Å². The van der Waals surface area contributed by atoms with Gasteiger partial charge in [-0.25, -0.2) is 0 Å². The molecule has 2 amide bonds. The van der Waals surface area contributed by atoms with Gasteiger partial charge in [-0.2, -0.15) is 0 Å². The summed E-state index contributed by atoms with van der Waals surface area (Å²) < 4.78 is 5.23. The molecule has 1 atom stereocenters. The van der Waals surface area contributed by atoms with E-state index >= 15 is 0 Å². The molecule has 0 heterocycles. The maximum atomic E-state index is 12.5. The molecular weight excluding hydrogens is 328 g/mol. The summed E-state index contributed by atoms with van der Waals surface area (Å²) in [4.78, 5) is 24.4. The smallest absolute Gasteiger partial charge is 0.247 e. The van der Waals surface area contributed by atoms with Crippen LogP contribution < -0.4 is 15.8 Å². The van der Waals surface area contributed by atoms with Crippen molar-refractivity contribution in [3.8, 4) is 5.75 Å². The number of benzene rings is 2. The highest BCUT2D eigenvalue weighted by atomic mass is 35.5. The number of nitrogens with one attached hydrogen (secondary N) is 1. The van der Waals surface area contributed by atoms with E-state index in [9.17, 15) is 9.59 Å². The molecule has 0 aromatic heterocycles. The number of halogens is 1. The van der Waals surface area contributed by atoms with Crippen molar-refractivity contribution in [3.05, 3.63) is 64.7 Å². The normalized spacial score (nSPS) is 13.0. The molecule has 0 radical (unpaired) electrons. The number of amides is 2. The van der Waals surface area contributed by atoms with Crippen LogP contribution in [-0.4, -0.2) is 18.9 Å². The average molecular weight is 347 g/mol. The van der Waals surface area contributed by atoms with Gasteiger partial charge in [0.25, 0.3) is 0 Å². The molecule has 2 aromatic carbocycles. The van der Waals surface area contributed by atoms with E-state index in [0.29, 0.717) is 21.9 Å². The zero-order chi connectivity index (χ0) is 17.7. The van der Waals surface area contributed by atoms with E-state index in [4.69, 9.17) is 22.1 Å². The molecule has 0 aliphatic heterocycles. The Hall–Kier alpha value is -2.53. The van der Waals surface area contributed by atoms with Gasteiger partial charge in [0.1, 0.15) is 11.3 Å². The van der Waals surface area contributed by atoms with Crippen molar-refractivity contribution in [2.75, 3.05) is 7.11 Å². The zero-order valence-electron chi connectivity index (χ0n) is 13.5. The summed E-state index contributed by atoms with van der Waals surface area (Å²) in [6.45, 7) is 1.58. The second-order valence-corrected chi connectivity index (χ2v) is 5.91. The molecule has 6 heteroatoms. The molecule has 2 aromatic rings. The lowest BCUT2D eigenvalue weighted by molar-refractivity contribution is -0.131. The Morgan fingerprint density at radius 3 is 2.42 bits per heavy atom. The van der Waals surface area contributed by atoms with Crippen molar-refractivity contribution in [1.29, 1.82) is 0 Å². The van der Waals surface area contributed by atoms with Gasteiger partial charge in [-0.1, -0.05) is 48.0 Å². The highest BCUT2D eigenvalue weighted by Gasteiger charge is 2.35. The molecule has 0 unspecified atom stereocenters. The molecule has 3 N–H and O–H groups in total. The Labute approximate surface area is 145 Å². The molecule has 0 aliphatic carbocycles. The predicted octanol–water partition coefficient (Wildman–Crippen LogP) is 2.41. The van der Waals surface area contributed by atoms with Crippen LogP contribution in [0, 0.1) is 0 Å². The molecule has 24 heavy (non-hydrogen) atoms. The van der Waals surface area contributed by atoms with Crippen molar-refractivity contribution in [1.82, 2.24) is 5.32 Å². The fraction of sp³-hybridized carbons (Fsp3) is 0.222. The SMILES string of the molecule is COc1cccc(Cl)c1CC(=O)N[C@](C)(C(N)=O)c1ccccc1. The first-order chi connectivity index (χ1) is 11.4. The molecular formula is C18H19ClN2O3. The Morgan fingerprint density at radius 2 is 1.83 bits per heavy atom. The lowest BCUT2D eigenvalue weighted by Gasteiger charge is -2.28. The van der Waals surface area contributed by atoms with Gasteiger partial charge in [-0.15, -0.1) is 0 Å². The standard InChI is InChI=1S/C18H19ClN2O3/c1-18(17(20)23,12-7-4-3-5-8-12)21-16(22)11-13-14(19)9-6-10-15(13)24-2/h3-10H,11H2,1-2H3,(H2,20,23)(H,21,22)/t18-/m0/s1. The van der Waals surface area contributed by atoms with Crippen LogP contribution in [0.25, 0.3) is 0 Å². The Kier molecular flexibility index (Phi) is 5.46. The average Bonchev–Trinajstić information content (AvgIpc) is 2.57. The van der Waals surface area contributed by atoms with Gasteiger partial charge in [0.05, 0.1) is 13.5 Å². The number of methoxy groups -OCH3 is 1. The number of carbonyl (C=O) groups is 2. The largest absolute Gasteiger partial charge is 0.496 e. The summed E-state index contributed by atoms with van der Waals surface area (Å²) in [6.07, 6.45) is -0.0292. The van der Waals surface area contributed by atoms with Crippen molar-refractivity contribution in [2.24, 2.45) is 5.73 Å². The van der Waals surface area contributed by atoms with E-state index in [1.54, 1.807) is 49.4 Å². The van der Waals surface area contributed by atoms with Gasteiger partial charge in [0, 0.05) is 10.6 Å². The summed E-state index contributed by atoms with van der Waals surface area (Å²) in [5.41, 5.74) is 5.38. The lowest BCUT2D eigenvalue weighted by atomic mass is 9.91. The van der Waals surface area contributed by atoms with Crippen LogP contribution in [0.5, 0.6) is 5.75 Å². The molecule has 0 saturated heterocycles. The lowest BCUT2D eigenvalue weighted by Crippen LogP contribution is -2.53. The van der Waals surface area contributed by atoms with E-state index in [1.807, 2.05) is 6.07 Å². The van der Waals surface area contributed by atoms with Crippen LogP contribution >= 0.6 is 11.6 Å². The van der Waals surface area contributed by atoms with Crippen molar-refractivity contribution in [3.63, 3.8) is 0 Å². The summed E-state index contributed by atoms with van der Waals surface area (Å²) >= 11 is 6.15. The van der Waals surface area contributed by atoms with Crippen LogP contribution in [0.15, 0.2) is 48.5 Å². The number of primary amides is 1. The van der Waals surface area contributed by atoms with Crippen molar-refractivity contribution >= 4 is 23.4 Å². The quantitative estimate of drug-likeness (QED) is 0.842. The zero-order valence-corrected chi connectivity index (χ0v) is 14.3. The fourth-order valence-corrected chi connectivity index (χ4v) is 2.67. The van der Waals surface area contributed by atoms with E-state index in [2.05, 4.69) is 5.32 Å². The highest BCUT2D eigenvalue weighted by molar-refractivity contribution is 6.31. The van der Waals surface area contributed by atoms with Crippen molar-refractivity contribution in [2.45, 2.75) is 18.9 Å². The summed E-state index contributed by atoms with van der Waals surface area (Å²) in [6, 6.07) is 14.0. The minimum absolute atomic E-state index is 0.0292. The van der Waals surface area contributed by atoms with Crippen LogP contribution in [0.2, 0.25) is 5.02 Å². The molecule has 2 rings (SSSR count). The minimum atomic E-state index is -1.31. The molecule has 0 fully saturated rings. The fourth-order valence-electron chi connectivity index (χ4n) is 2.43. The van der Waals surface area contributed by atoms with Gasteiger partial charge in [-0.05, 0) is 24.6 Å². The maximum Gasteiger partial charge on any atom is 0.247 e. The Bertz CT molecular complexity index is 749. The Balaban J connectivity index is 2.26. The third-order valence-electron chi connectivity index (χ3n) is 3.87. The number of hydrogen-bond donors (Lipinski definition) is 2. The molecule has 5 nitrogen and oxygen atoms in total. The first-order valence-electron chi connectivity index (χ1n) is 7.36. The topological polar surface area (TPSA) is 81.4 Å². The second kappa shape index (κ2) is 7.36. The van der Waals surface area contributed by atoms with Crippen LogP contribution in [0.4, 0.5) is 0 Å². The Morgan fingerprint density at radius 1 is 1.17 bits per heavy atom. The first-order valence-corrected chi connectivity index (χ1v) is 7.74. The predicted molar refractivity (Wildman–Crippen MR) is 92.8 cm³/mol. The van der Waals surface area contributed by atoms with Crippen molar-refractivity contribution < 1.29 is 14.3 Å². The first kappa shape index (κ1) is 17.8. The highest BCUT2D eigenvalue weighted by Crippen LogP contribution is 2.27. The van der Waals surface area contributed by atoms with Gasteiger partial charge in [-0.3, -0.25) is 9.59 Å². The number of hydrogen-bond acceptors (Lipinski definition) is 3. The van der Waals surface area contributed by atoms with Crippen LogP contribution in [0.1, 0.15) is 18.1 Å². The van der Waals surface area contributed by atoms with Gasteiger partial charge >= 0.3 is 0 Å². The second-order valence-electron chi connectivity index (χ2n) is 5.50. The van der Waals surface area contributed by atoms with E-state index < -0.39 is 11.4 Å². The maximum absolute atomic E-state index is 12.5. The summed E-state index contributed by atoms with van der Waals surface area (Å²) in [7, 11) is 1.50. The summed E-state index contributed by atoms with van der Waals surface area (Å²) in [5, 5.41) is 3.13. The van der Waals surface area contributed by atoms with Crippen LogP contribution in [0.3, 0.4) is 0 Å². The van der Waals surface area contributed by atoms with Gasteiger partial charge < -0.3 is 15.8 Å². The van der Waals surface area contributed by atoms with E-state index in [0.717, 1.165) is 0 Å². The number of rotatable bonds is 6. The van der Waals surface area contributed by atoms with Gasteiger partial charge in [0.15, 0.2) is 0 Å². The molecule has 0 bridgehead atoms. The summed E-state index contributed by atoms with van der Waals surface area (Å²) in [5.74, 6) is -0.516. The number of nitrogens with two attached hydrogens (primary N) is 1. The third kappa shape index (κ3) is 3.68. The van der Waals surface area contributed by atoms with Crippen LogP contribution in [-0.2, 0) is 21.5 Å². The molecule has 0 spiro atoms. The number of carbonyl (C=O) groups excluding carboxylic acids is 2. The molecule has 0 saturated carbocycles. The molecule has 126 valence electrons. The minimum Gasteiger partial charge on any atom is -0.496 e. The van der Waals surface area contributed by atoms with E-state index in [1.165, 1.54) is 7.11 Å². The monoisotopic (exact) mass is 346 g/mol. The number of ether oxygens (including phenoxy) is 1. The third-order valence-corrected chi connectivity index (χ3v) is 4.22. The van der Waals surface area contributed by atoms with Gasteiger partial charge in [0.2, 0.25) is 11.8 Å².